The monoisotopic (exact) mass is 297 g/mol. The molecule has 0 aliphatic carbocycles. The van der Waals surface area contributed by atoms with E-state index in [4.69, 9.17) is 18.0 Å². The zero-order valence-electron chi connectivity index (χ0n) is 11.9. The van der Waals surface area contributed by atoms with Crippen LogP contribution in [-0.4, -0.2) is 36.4 Å². The van der Waals surface area contributed by atoms with E-state index in [9.17, 15) is 9.18 Å². The minimum atomic E-state index is -0.389. The van der Waals surface area contributed by atoms with Crippen LogP contribution in [0, 0.1) is 11.7 Å². The van der Waals surface area contributed by atoms with Gasteiger partial charge in [-0.1, -0.05) is 31.3 Å². The van der Waals surface area contributed by atoms with Crippen LogP contribution in [0.25, 0.3) is 0 Å². The van der Waals surface area contributed by atoms with E-state index < -0.39 is 0 Å². The molecule has 4 nitrogen and oxygen atoms in total. The van der Waals surface area contributed by atoms with Crippen LogP contribution < -0.4 is 11.1 Å². The normalized spacial score (nSPS) is 12.2. The molecule has 0 radical (unpaired) electrons. The molecule has 0 bridgehead atoms. The Labute approximate surface area is 124 Å². The summed E-state index contributed by atoms with van der Waals surface area (Å²) in [6.45, 7) is 2.76. The van der Waals surface area contributed by atoms with Crippen molar-refractivity contribution in [3.8, 4) is 0 Å². The summed E-state index contributed by atoms with van der Waals surface area (Å²) in [5.74, 6) is -0.583. The predicted molar refractivity (Wildman–Crippen MR) is 81.9 cm³/mol. The molecule has 0 aromatic heterocycles. The van der Waals surface area contributed by atoms with Gasteiger partial charge in [0.2, 0.25) is 5.91 Å². The minimum Gasteiger partial charge on any atom is -0.389 e. The van der Waals surface area contributed by atoms with Gasteiger partial charge in [-0.25, -0.2) is 4.39 Å². The van der Waals surface area contributed by atoms with Crippen LogP contribution >= 0.6 is 12.2 Å². The third-order valence-corrected chi connectivity index (χ3v) is 3.28. The van der Waals surface area contributed by atoms with Crippen LogP contribution in [0.1, 0.15) is 18.1 Å². The zero-order valence-corrected chi connectivity index (χ0v) is 12.8. The molecule has 20 heavy (non-hydrogen) atoms. The van der Waals surface area contributed by atoms with Crippen molar-refractivity contribution in [2.75, 3.05) is 20.6 Å². The second kappa shape index (κ2) is 7.31. The fourth-order valence-electron chi connectivity index (χ4n) is 2.04. The van der Waals surface area contributed by atoms with Crippen molar-refractivity contribution in [2.24, 2.45) is 11.7 Å². The fourth-order valence-corrected chi connectivity index (χ4v) is 2.20. The number of benzene rings is 1. The van der Waals surface area contributed by atoms with Gasteiger partial charge >= 0.3 is 0 Å². The zero-order chi connectivity index (χ0) is 15.3. The van der Waals surface area contributed by atoms with Gasteiger partial charge in [-0.05, 0) is 13.1 Å². The van der Waals surface area contributed by atoms with Crippen LogP contribution in [0.3, 0.4) is 0 Å². The van der Waals surface area contributed by atoms with E-state index in [2.05, 4.69) is 5.32 Å². The van der Waals surface area contributed by atoms with Gasteiger partial charge in [0.25, 0.3) is 0 Å². The number of nitrogens with two attached hydrogens (primary N) is 1. The molecule has 3 N–H and O–H groups in total. The molecule has 110 valence electrons. The Balaban J connectivity index is 2.76. The van der Waals surface area contributed by atoms with Crippen LogP contribution in [0.4, 0.5) is 4.39 Å². The molecule has 1 aromatic carbocycles. The number of thiocarbonyl (C=S) groups is 1. The lowest BCUT2D eigenvalue weighted by molar-refractivity contribution is -0.124. The molecule has 1 atom stereocenters. The molecule has 0 spiro atoms. The van der Waals surface area contributed by atoms with Crippen LogP contribution in [0.2, 0.25) is 0 Å². The molecule has 0 saturated heterocycles. The molecule has 1 rings (SSSR count). The van der Waals surface area contributed by atoms with Crippen molar-refractivity contribution in [3.05, 3.63) is 35.1 Å². The third kappa shape index (κ3) is 4.25. The Morgan fingerprint density at radius 2 is 2.20 bits per heavy atom. The van der Waals surface area contributed by atoms with E-state index in [1.807, 2.05) is 18.9 Å². The topological polar surface area (TPSA) is 58.4 Å². The van der Waals surface area contributed by atoms with Gasteiger partial charge in [-0.2, -0.15) is 0 Å². The van der Waals surface area contributed by atoms with E-state index in [-0.39, 0.29) is 28.2 Å². The van der Waals surface area contributed by atoms with Crippen molar-refractivity contribution in [1.29, 1.82) is 0 Å². The maximum Gasteiger partial charge on any atom is 0.223 e. The van der Waals surface area contributed by atoms with Gasteiger partial charge in [0.15, 0.2) is 0 Å². The molecule has 1 aromatic rings. The summed E-state index contributed by atoms with van der Waals surface area (Å²) in [6.07, 6.45) is 0. The second-order valence-electron chi connectivity index (χ2n) is 4.85. The molecule has 0 aliphatic heterocycles. The number of carbonyl (C=O) groups is 1. The van der Waals surface area contributed by atoms with Crippen molar-refractivity contribution in [2.45, 2.75) is 13.5 Å². The molecule has 0 aliphatic rings. The number of rotatable bonds is 6. The SMILES string of the molecule is CNC(=O)C(C)CN(C)Cc1cccc(C(N)=S)c1F. The minimum absolute atomic E-state index is 0.0331. The lowest BCUT2D eigenvalue weighted by atomic mass is 10.1. The number of halogens is 1. The first-order valence-electron chi connectivity index (χ1n) is 6.34. The molecule has 0 heterocycles. The number of hydrogen-bond acceptors (Lipinski definition) is 3. The molecule has 6 heteroatoms. The molecular weight excluding hydrogens is 277 g/mol. The fraction of sp³-hybridized carbons (Fsp3) is 0.429. The van der Waals surface area contributed by atoms with E-state index in [0.717, 1.165) is 0 Å². The number of nitrogens with zero attached hydrogens (tertiary/aromatic N) is 1. The number of amides is 1. The molecule has 0 saturated carbocycles. The average Bonchev–Trinajstić information content (AvgIpc) is 2.39. The second-order valence-corrected chi connectivity index (χ2v) is 5.29. The number of hydrogen-bond donors (Lipinski definition) is 2. The van der Waals surface area contributed by atoms with Crippen LogP contribution in [0.5, 0.6) is 0 Å². The smallest absolute Gasteiger partial charge is 0.223 e. The number of nitrogens with one attached hydrogen (secondary N) is 1. The molecule has 1 unspecified atom stereocenters. The highest BCUT2D eigenvalue weighted by molar-refractivity contribution is 7.80. The molecule has 1 amide bonds. The van der Waals surface area contributed by atoms with Crippen molar-refractivity contribution in [3.63, 3.8) is 0 Å². The average molecular weight is 297 g/mol. The van der Waals surface area contributed by atoms with Gasteiger partial charge in [0, 0.05) is 37.2 Å². The first-order valence-corrected chi connectivity index (χ1v) is 6.75. The van der Waals surface area contributed by atoms with E-state index in [1.165, 1.54) is 0 Å². The largest absolute Gasteiger partial charge is 0.389 e. The predicted octanol–water partition coefficient (Wildman–Crippen LogP) is 1.27. The van der Waals surface area contributed by atoms with E-state index in [0.29, 0.717) is 18.7 Å². The van der Waals surface area contributed by atoms with Gasteiger partial charge in [0.1, 0.15) is 10.8 Å². The maximum atomic E-state index is 14.2. The summed E-state index contributed by atoms with van der Waals surface area (Å²) in [4.78, 5) is 13.4. The summed E-state index contributed by atoms with van der Waals surface area (Å²) < 4.78 is 14.2. The lowest BCUT2D eigenvalue weighted by Crippen LogP contribution is -2.34. The molecule has 0 fully saturated rings. The Kier molecular flexibility index (Phi) is 6.04. The summed E-state index contributed by atoms with van der Waals surface area (Å²) >= 11 is 4.81. The summed E-state index contributed by atoms with van der Waals surface area (Å²) in [5.41, 5.74) is 6.25. The summed E-state index contributed by atoms with van der Waals surface area (Å²) in [5, 5.41) is 2.60. The van der Waals surface area contributed by atoms with E-state index >= 15 is 0 Å². The Morgan fingerprint density at radius 3 is 2.75 bits per heavy atom. The van der Waals surface area contributed by atoms with Gasteiger partial charge in [0.05, 0.1) is 0 Å². The highest BCUT2D eigenvalue weighted by Gasteiger charge is 2.16. The van der Waals surface area contributed by atoms with E-state index in [1.54, 1.807) is 25.2 Å². The highest BCUT2D eigenvalue weighted by Crippen LogP contribution is 2.15. The number of carbonyl (C=O) groups excluding carboxylic acids is 1. The lowest BCUT2D eigenvalue weighted by Gasteiger charge is -2.21. The van der Waals surface area contributed by atoms with Gasteiger partial charge < -0.3 is 16.0 Å². The Hall–Kier alpha value is -1.53. The first kappa shape index (κ1) is 16.5. The van der Waals surface area contributed by atoms with Crippen molar-refractivity contribution < 1.29 is 9.18 Å². The quantitative estimate of drug-likeness (QED) is 0.777. The standard InChI is InChI=1S/C14H20FN3OS/c1-9(14(19)17-2)7-18(3)8-10-5-4-6-11(12(10)15)13(16)20/h4-6,9H,7-8H2,1-3H3,(H2,16,20)(H,17,19). The first-order chi connectivity index (χ1) is 9.36. The summed E-state index contributed by atoms with van der Waals surface area (Å²) in [7, 11) is 3.44. The van der Waals surface area contributed by atoms with Crippen molar-refractivity contribution in [1.82, 2.24) is 10.2 Å². The molecular formula is C14H20FN3OS. The van der Waals surface area contributed by atoms with Crippen LogP contribution in [-0.2, 0) is 11.3 Å². The van der Waals surface area contributed by atoms with Gasteiger partial charge in [-0.3, -0.25) is 4.79 Å². The third-order valence-electron chi connectivity index (χ3n) is 3.06. The Morgan fingerprint density at radius 1 is 1.55 bits per heavy atom. The van der Waals surface area contributed by atoms with Crippen LogP contribution in [0.15, 0.2) is 18.2 Å². The summed E-state index contributed by atoms with van der Waals surface area (Å²) in [6, 6.07) is 4.98. The van der Waals surface area contributed by atoms with Crippen molar-refractivity contribution >= 4 is 23.1 Å². The highest BCUT2D eigenvalue weighted by atomic mass is 32.1. The van der Waals surface area contributed by atoms with Gasteiger partial charge in [-0.15, -0.1) is 0 Å². The maximum absolute atomic E-state index is 14.2. The Bertz CT molecular complexity index is 507.